The maximum absolute atomic E-state index is 11.9. The molecule has 7 nitrogen and oxygen atoms in total. The van der Waals surface area contributed by atoms with Crippen LogP contribution < -0.4 is 10.9 Å². The number of hydrogen-bond acceptors (Lipinski definition) is 3. The van der Waals surface area contributed by atoms with Crippen molar-refractivity contribution in [1.29, 1.82) is 0 Å². The van der Waals surface area contributed by atoms with Crippen LogP contribution in [0.25, 0.3) is 0 Å². The van der Waals surface area contributed by atoms with E-state index in [2.05, 4.69) is 15.8 Å². The van der Waals surface area contributed by atoms with E-state index in [9.17, 15) is 14.4 Å². The monoisotopic (exact) mass is 274 g/mol. The van der Waals surface area contributed by atoms with Crippen LogP contribution in [0.2, 0.25) is 0 Å². The van der Waals surface area contributed by atoms with E-state index in [0.29, 0.717) is 11.3 Å². The van der Waals surface area contributed by atoms with Crippen molar-refractivity contribution in [2.45, 2.75) is 6.92 Å². The molecule has 7 heteroatoms. The molecule has 0 bridgehead atoms. The fourth-order valence-corrected chi connectivity index (χ4v) is 1.70. The number of rotatable bonds is 3. The Morgan fingerprint density at radius 3 is 2.45 bits per heavy atom. The van der Waals surface area contributed by atoms with Crippen LogP contribution in [0, 0.1) is 0 Å². The zero-order valence-corrected chi connectivity index (χ0v) is 11.1. The number of Topliss-reactive ketones (excluding diaryl/α,β-unsaturated/α-hetero) is 1. The van der Waals surface area contributed by atoms with Gasteiger partial charge in [-0.1, -0.05) is 0 Å². The first-order valence-corrected chi connectivity index (χ1v) is 5.90. The Kier molecular flexibility index (Phi) is 3.69. The molecule has 2 rings (SSSR count). The van der Waals surface area contributed by atoms with E-state index in [0.717, 1.165) is 0 Å². The van der Waals surface area contributed by atoms with Crippen LogP contribution in [0.15, 0.2) is 30.6 Å². The highest BCUT2D eigenvalue weighted by Crippen LogP contribution is 2.07. The van der Waals surface area contributed by atoms with Crippen molar-refractivity contribution >= 4 is 17.6 Å². The predicted molar refractivity (Wildman–Crippen MR) is 71.1 cm³/mol. The topological polar surface area (TPSA) is 96.0 Å². The summed E-state index contributed by atoms with van der Waals surface area (Å²) >= 11 is 0. The van der Waals surface area contributed by atoms with Crippen molar-refractivity contribution in [2.75, 3.05) is 0 Å². The second kappa shape index (κ2) is 5.43. The number of nitrogens with zero attached hydrogens (tertiary/aromatic N) is 1. The molecule has 104 valence electrons. The molecule has 0 saturated carbocycles. The highest BCUT2D eigenvalue weighted by Gasteiger charge is 2.14. The molecule has 3 N–H and O–H groups in total. The molecule has 0 aromatic carbocycles. The van der Waals surface area contributed by atoms with Crippen molar-refractivity contribution < 1.29 is 14.4 Å². The fraction of sp³-hybridized carbons (Fsp3) is 0.154. The Balaban J connectivity index is 2.02. The van der Waals surface area contributed by atoms with Crippen LogP contribution >= 0.6 is 0 Å². The molecule has 0 unspecified atom stereocenters. The van der Waals surface area contributed by atoms with E-state index in [1.807, 2.05) is 0 Å². The molecule has 0 radical (unpaired) electrons. The van der Waals surface area contributed by atoms with E-state index in [4.69, 9.17) is 0 Å². The van der Waals surface area contributed by atoms with Gasteiger partial charge in [0, 0.05) is 25.0 Å². The van der Waals surface area contributed by atoms with Crippen LogP contribution in [0.4, 0.5) is 0 Å². The lowest BCUT2D eigenvalue weighted by atomic mass is 10.2. The zero-order chi connectivity index (χ0) is 14.7. The molecule has 2 amide bonds. The summed E-state index contributed by atoms with van der Waals surface area (Å²) < 4.78 is 1.52. The Morgan fingerprint density at radius 2 is 1.90 bits per heavy atom. The van der Waals surface area contributed by atoms with Crippen molar-refractivity contribution in [2.24, 2.45) is 7.05 Å². The number of carbonyl (C=O) groups is 3. The molecular formula is C13H14N4O3. The minimum absolute atomic E-state index is 0.130. The predicted octanol–water partition coefficient (Wildman–Crippen LogP) is 0.631. The van der Waals surface area contributed by atoms with Crippen LogP contribution in [-0.2, 0) is 7.05 Å². The van der Waals surface area contributed by atoms with Gasteiger partial charge in [0.1, 0.15) is 11.4 Å². The third-order valence-electron chi connectivity index (χ3n) is 2.78. The number of aryl methyl sites for hydroxylation is 1. The summed E-state index contributed by atoms with van der Waals surface area (Å²) in [6.07, 6.45) is 3.16. The smallest absolute Gasteiger partial charge is 0.286 e. The lowest BCUT2D eigenvalue weighted by Gasteiger charge is -2.06. The van der Waals surface area contributed by atoms with E-state index < -0.39 is 11.8 Å². The third-order valence-corrected chi connectivity index (χ3v) is 2.78. The van der Waals surface area contributed by atoms with Gasteiger partial charge < -0.3 is 9.55 Å². The van der Waals surface area contributed by atoms with Crippen molar-refractivity contribution in [1.82, 2.24) is 20.4 Å². The molecule has 0 spiro atoms. The molecular weight excluding hydrogens is 260 g/mol. The summed E-state index contributed by atoms with van der Waals surface area (Å²) in [7, 11) is 1.65. The largest absolute Gasteiger partial charge is 0.357 e. The van der Waals surface area contributed by atoms with Crippen LogP contribution in [0.5, 0.6) is 0 Å². The summed E-state index contributed by atoms with van der Waals surface area (Å²) in [6.45, 7) is 1.42. The van der Waals surface area contributed by atoms with Gasteiger partial charge in [0.25, 0.3) is 11.8 Å². The molecule has 0 aliphatic rings. The zero-order valence-electron chi connectivity index (χ0n) is 11.1. The van der Waals surface area contributed by atoms with E-state index in [1.165, 1.54) is 17.6 Å². The van der Waals surface area contributed by atoms with Gasteiger partial charge in [-0.2, -0.15) is 0 Å². The number of H-pyrrole nitrogens is 1. The first-order chi connectivity index (χ1) is 9.49. The van der Waals surface area contributed by atoms with Gasteiger partial charge in [0.15, 0.2) is 5.78 Å². The van der Waals surface area contributed by atoms with E-state index >= 15 is 0 Å². The van der Waals surface area contributed by atoms with Gasteiger partial charge in [0.2, 0.25) is 0 Å². The Bertz CT molecular complexity index is 655. The first kappa shape index (κ1) is 13.6. The Hall–Kier alpha value is -2.83. The van der Waals surface area contributed by atoms with Crippen molar-refractivity contribution in [3.05, 3.63) is 47.5 Å². The normalized spacial score (nSPS) is 10.1. The number of amides is 2. The summed E-state index contributed by atoms with van der Waals surface area (Å²) in [5.41, 5.74) is 5.62. The lowest BCUT2D eigenvalue weighted by Crippen LogP contribution is -2.42. The van der Waals surface area contributed by atoms with Gasteiger partial charge in [0.05, 0.1) is 0 Å². The van der Waals surface area contributed by atoms with Gasteiger partial charge >= 0.3 is 0 Å². The minimum atomic E-state index is -0.500. The molecule has 0 saturated heterocycles. The second-order valence-electron chi connectivity index (χ2n) is 4.27. The van der Waals surface area contributed by atoms with Crippen LogP contribution in [0.3, 0.4) is 0 Å². The Labute approximate surface area is 114 Å². The second-order valence-corrected chi connectivity index (χ2v) is 4.27. The molecule has 20 heavy (non-hydrogen) atoms. The SMILES string of the molecule is CC(=O)c1cc(C(=O)NNC(=O)c2ccc[nH]2)n(C)c1. The van der Waals surface area contributed by atoms with Gasteiger partial charge in [-0.25, -0.2) is 0 Å². The number of aromatic nitrogens is 2. The molecule has 2 aromatic rings. The van der Waals surface area contributed by atoms with Crippen molar-refractivity contribution in [3.63, 3.8) is 0 Å². The maximum atomic E-state index is 11.9. The average molecular weight is 274 g/mol. The number of aromatic amines is 1. The highest BCUT2D eigenvalue weighted by atomic mass is 16.2. The van der Waals surface area contributed by atoms with E-state index in [1.54, 1.807) is 31.6 Å². The molecule has 0 aliphatic heterocycles. The summed E-state index contributed by atoms with van der Waals surface area (Å²) in [4.78, 5) is 37.5. The maximum Gasteiger partial charge on any atom is 0.286 e. The standard InChI is InChI=1S/C13H14N4O3/c1-8(18)9-6-11(17(2)7-9)13(20)16-15-12(19)10-4-3-5-14-10/h3-7,14H,1-2H3,(H,15,19)(H,16,20). The van der Waals surface area contributed by atoms with Gasteiger partial charge in [-0.15, -0.1) is 0 Å². The van der Waals surface area contributed by atoms with Gasteiger partial charge in [-0.05, 0) is 25.1 Å². The summed E-state index contributed by atoms with van der Waals surface area (Å²) in [5, 5.41) is 0. The van der Waals surface area contributed by atoms with Gasteiger partial charge in [-0.3, -0.25) is 25.2 Å². The molecule has 2 heterocycles. The molecule has 2 aromatic heterocycles. The quantitative estimate of drug-likeness (QED) is 0.566. The molecule has 0 atom stereocenters. The fourth-order valence-electron chi connectivity index (χ4n) is 1.70. The highest BCUT2D eigenvalue weighted by molar-refractivity contribution is 6.00. The van der Waals surface area contributed by atoms with Crippen molar-refractivity contribution in [3.8, 4) is 0 Å². The molecule has 0 fully saturated rings. The number of ketones is 1. The summed E-state index contributed by atoms with van der Waals surface area (Å²) in [6, 6.07) is 4.73. The minimum Gasteiger partial charge on any atom is -0.357 e. The number of nitrogens with one attached hydrogen (secondary N) is 3. The molecule has 0 aliphatic carbocycles. The Morgan fingerprint density at radius 1 is 1.20 bits per heavy atom. The first-order valence-electron chi connectivity index (χ1n) is 5.90. The third kappa shape index (κ3) is 2.77. The van der Waals surface area contributed by atoms with Crippen LogP contribution in [-0.4, -0.2) is 27.1 Å². The average Bonchev–Trinajstić information content (AvgIpc) is 3.04. The van der Waals surface area contributed by atoms with E-state index in [-0.39, 0.29) is 11.5 Å². The number of hydrazine groups is 1. The van der Waals surface area contributed by atoms with Crippen LogP contribution in [0.1, 0.15) is 38.3 Å². The number of carbonyl (C=O) groups excluding carboxylic acids is 3. The lowest BCUT2D eigenvalue weighted by molar-refractivity contribution is 0.0840. The number of hydrogen-bond donors (Lipinski definition) is 3. The summed E-state index contributed by atoms with van der Waals surface area (Å²) in [5.74, 6) is -1.08.